The first-order valence-corrected chi connectivity index (χ1v) is 32.5. The Hall–Kier alpha value is -4.45. The molecule has 0 unspecified atom stereocenters. The molecular formula is C57H79Cl4N9O13S2. The number of carbonyl (C=O) groups excluding carboxylic acids is 3. The van der Waals surface area contributed by atoms with E-state index in [2.05, 4.69) is 40.5 Å². The second-order valence-corrected chi connectivity index (χ2v) is 25.5. The summed E-state index contributed by atoms with van der Waals surface area (Å²) < 4.78 is 90.9. The molecule has 2 atom stereocenters. The quantitative estimate of drug-likeness (QED) is 0.0299. The van der Waals surface area contributed by atoms with Gasteiger partial charge in [0.1, 0.15) is 0 Å². The van der Waals surface area contributed by atoms with Crippen LogP contribution in [0.3, 0.4) is 0 Å². The maximum absolute atomic E-state index is 13.2. The molecule has 0 radical (unpaired) electrons. The Balaban J connectivity index is 0.790. The lowest BCUT2D eigenvalue weighted by Crippen LogP contribution is -2.46. The summed E-state index contributed by atoms with van der Waals surface area (Å²) in [5.74, 6) is -0.400. The van der Waals surface area contributed by atoms with Crippen LogP contribution in [-0.4, -0.2) is 209 Å². The van der Waals surface area contributed by atoms with Crippen LogP contribution in [0.4, 0.5) is 9.59 Å². The zero-order chi connectivity index (χ0) is 61.2. The van der Waals surface area contributed by atoms with Crippen LogP contribution in [0.5, 0.6) is 0 Å². The van der Waals surface area contributed by atoms with Crippen molar-refractivity contribution in [3.63, 3.8) is 0 Å². The van der Waals surface area contributed by atoms with Crippen molar-refractivity contribution in [1.82, 2.24) is 45.4 Å². The molecule has 0 bridgehead atoms. The Labute approximate surface area is 519 Å². The predicted molar refractivity (Wildman–Crippen MR) is 327 cm³/mol. The predicted octanol–water partition coefficient (Wildman–Crippen LogP) is 5.65. The zero-order valence-electron chi connectivity index (χ0n) is 48.2. The minimum atomic E-state index is -3.83. The third-order valence-corrected chi connectivity index (χ3v) is 17.8. The standard InChI is InChI=1S/C57H79Cl4N9O13S2/c1-68-37-49(47-33-43(58)35-53(60)51(47)39-68)41-7-4-9-45(31-41)84(74,75)66-16-23-82-29-27-80-21-14-64-56(72)62-12-18-70(55(71)11-6-20-79-26-25-78-3)19-13-63-57(73)65-15-22-81-28-30-83-24-17-67-85(76,77)46-10-5-8-42(32-46)50-38-69(2)40-52-48(50)34-44(59)36-54(52)61/h4-5,7-10,31-36,49-50,66-67H,6,11-30,37-40H2,1-3H3,(H2,62,64,72)(H2,63,65,73)/t49-,50-/m0/s1. The number of sulfonamides is 2. The van der Waals surface area contributed by atoms with E-state index < -0.39 is 32.1 Å². The van der Waals surface area contributed by atoms with Gasteiger partial charge in [-0.25, -0.2) is 35.9 Å². The number of nitrogens with zero attached hydrogens (tertiary/aromatic N) is 3. The van der Waals surface area contributed by atoms with Crippen molar-refractivity contribution in [2.75, 3.05) is 159 Å². The number of ether oxygens (including phenoxy) is 6. The van der Waals surface area contributed by atoms with Gasteiger partial charge in [-0.15, -0.1) is 0 Å². The smallest absolute Gasteiger partial charge is 0.314 e. The van der Waals surface area contributed by atoms with Gasteiger partial charge in [-0.2, -0.15) is 0 Å². The first-order valence-electron chi connectivity index (χ1n) is 28.1. The van der Waals surface area contributed by atoms with E-state index >= 15 is 0 Å². The minimum Gasteiger partial charge on any atom is -0.382 e. The molecule has 0 aliphatic carbocycles. The van der Waals surface area contributed by atoms with Crippen LogP contribution in [-0.2, 0) is 66.4 Å². The van der Waals surface area contributed by atoms with Crippen molar-refractivity contribution in [3.8, 4) is 0 Å². The monoisotopic (exact) mass is 1300 g/mol. The summed E-state index contributed by atoms with van der Waals surface area (Å²) in [6.07, 6.45) is 0.677. The average molecular weight is 1300 g/mol. The molecule has 0 saturated heterocycles. The number of fused-ring (bicyclic) bond motifs is 2. The van der Waals surface area contributed by atoms with Crippen LogP contribution in [0.1, 0.15) is 58.1 Å². The summed E-state index contributed by atoms with van der Waals surface area (Å²) in [6.45, 7) is 6.50. The number of nitrogens with one attached hydrogen (secondary N) is 6. The van der Waals surface area contributed by atoms with Crippen LogP contribution in [0.2, 0.25) is 20.1 Å². The highest BCUT2D eigenvalue weighted by atomic mass is 35.5. The normalized spacial score (nSPS) is 15.5. The number of carbonyl (C=O) groups is 3. The molecule has 22 nitrogen and oxygen atoms in total. The maximum atomic E-state index is 13.2. The Bertz CT molecular complexity index is 2840. The molecule has 2 heterocycles. The number of amides is 5. The molecule has 2 aliphatic rings. The zero-order valence-corrected chi connectivity index (χ0v) is 52.9. The van der Waals surface area contributed by atoms with Gasteiger partial charge in [0.25, 0.3) is 0 Å². The van der Waals surface area contributed by atoms with Crippen LogP contribution in [0, 0.1) is 0 Å². The van der Waals surface area contributed by atoms with Crippen LogP contribution >= 0.6 is 46.4 Å². The SMILES string of the molecule is COCCOCCCC(=O)N(CCNC(=O)NCCOCCOCCNS(=O)(=O)c1cccc([C@@H]2CN(C)Cc3c(Cl)cc(Cl)cc32)c1)CCNC(=O)NCCOCCOCCNS(=O)(=O)c1cccc([C@@H]2CN(C)Cc3c(Cl)cc(Cl)cc32)c1. The highest BCUT2D eigenvalue weighted by Gasteiger charge is 2.30. The van der Waals surface area contributed by atoms with E-state index in [9.17, 15) is 31.2 Å². The molecule has 0 aromatic heterocycles. The second kappa shape index (κ2) is 36.1. The van der Waals surface area contributed by atoms with Gasteiger partial charge in [0.2, 0.25) is 26.0 Å². The molecule has 470 valence electrons. The van der Waals surface area contributed by atoms with Gasteiger partial charge in [0, 0.05) is 131 Å². The molecule has 6 N–H and O–H groups in total. The summed E-state index contributed by atoms with van der Waals surface area (Å²) in [7, 11) is -2.11. The topological polar surface area (TPSA) is 257 Å². The summed E-state index contributed by atoms with van der Waals surface area (Å²) in [5, 5.41) is 13.1. The van der Waals surface area contributed by atoms with E-state index in [0.29, 0.717) is 72.5 Å². The van der Waals surface area contributed by atoms with E-state index in [0.717, 1.165) is 33.4 Å². The number of rotatable bonds is 37. The van der Waals surface area contributed by atoms with Crippen LogP contribution in [0.25, 0.3) is 0 Å². The highest BCUT2D eigenvalue weighted by molar-refractivity contribution is 7.89. The number of benzene rings is 4. The van der Waals surface area contributed by atoms with E-state index in [4.69, 9.17) is 74.8 Å². The highest BCUT2D eigenvalue weighted by Crippen LogP contribution is 2.40. The van der Waals surface area contributed by atoms with Crippen molar-refractivity contribution in [2.24, 2.45) is 0 Å². The van der Waals surface area contributed by atoms with E-state index in [1.54, 1.807) is 60.5 Å². The Morgan fingerprint density at radius 1 is 0.529 bits per heavy atom. The van der Waals surface area contributed by atoms with Crippen molar-refractivity contribution in [1.29, 1.82) is 0 Å². The Kier molecular flexibility index (Phi) is 29.6. The number of hydrogen-bond acceptors (Lipinski definition) is 15. The van der Waals surface area contributed by atoms with Gasteiger partial charge >= 0.3 is 12.1 Å². The van der Waals surface area contributed by atoms with Gasteiger partial charge in [0.05, 0.1) is 75.9 Å². The maximum Gasteiger partial charge on any atom is 0.314 e. The lowest BCUT2D eigenvalue weighted by Gasteiger charge is -2.33. The lowest BCUT2D eigenvalue weighted by atomic mass is 9.85. The number of hydrogen-bond donors (Lipinski definition) is 6. The average Bonchev–Trinajstić information content (AvgIpc) is 1.44. The van der Waals surface area contributed by atoms with Gasteiger partial charge < -0.3 is 64.4 Å². The molecule has 6 rings (SSSR count). The minimum absolute atomic E-state index is 0.0478. The van der Waals surface area contributed by atoms with Gasteiger partial charge in [-0.3, -0.25) is 4.79 Å². The van der Waals surface area contributed by atoms with Crippen molar-refractivity contribution in [3.05, 3.63) is 126 Å². The fraction of sp³-hybridized carbons (Fsp3) is 0.526. The molecule has 0 saturated carbocycles. The van der Waals surface area contributed by atoms with Crippen molar-refractivity contribution in [2.45, 2.75) is 47.6 Å². The van der Waals surface area contributed by atoms with Crippen molar-refractivity contribution >= 4 is 84.4 Å². The third kappa shape index (κ3) is 23.2. The van der Waals surface area contributed by atoms with Gasteiger partial charge in [-0.1, -0.05) is 70.7 Å². The fourth-order valence-electron chi connectivity index (χ4n) is 9.66. The molecule has 5 amide bonds. The summed E-state index contributed by atoms with van der Waals surface area (Å²) >= 11 is 25.8. The van der Waals surface area contributed by atoms with Gasteiger partial charge in [-0.05, 0) is 102 Å². The Morgan fingerprint density at radius 2 is 0.929 bits per heavy atom. The largest absolute Gasteiger partial charge is 0.382 e. The van der Waals surface area contributed by atoms with Crippen LogP contribution in [0.15, 0.2) is 82.6 Å². The summed E-state index contributed by atoms with van der Waals surface area (Å²) in [5.41, 5.74) is 5.59. The molecule has 2 aliphatic heterocycles. The van der Waals surface area contributed by atoms with E-state index in [1.807, 2.05) is 38.4 Å². The molecule has 85 heavy (non-hydrogen) atoms. The van der Waals surface area contributed by atoms with Crippen LogP contribution < -0.4 is 30.7 Å². The fourth-order valence-corrected chi connectivity index (χ4v) is 12.9. The first-order chi connectivity index (χ1) is 40.8. The lowest BCUT2D eigenvalue weighted by molar-refractivity contribution is -0.131. The summed E-state index contributed by atoms with van der Waals surface area (Å²) in [4.78, 5) is 44.4. The Morgan fingerprint density at radius 3 is 1.36 bits per heavy atom. The molecule has 0 spiro atoms. The number of methoxy groups -OCH3 is 1. The van der Waals surface area contributed by atoms with E-state index in [1.165, 1.54) is 0 Å². The third-order valence-electron chi connectivity index (χ3n) is 13.8. The number of halogens is 4. The molecule has 0 fully saturated rings. The summed E-state index contributed by atoms with van der Waals surface area (Å²) in [6, 6.07) is 20.0. The first kappa shape index (κ1) is 69.6. The molecule has 28 heteroatoms. The second-order valence-electron chi connectivity index (χ2n) is 20.3. The molecule has 4 aromatic rings. The van der Waals surface area contributed by atoms with E-state index in [-0.39, 0.29) is 139 Å². The number of likely N-dealkylation sites (N-methyl/N-ethyl adjacent to an activating group) is 2. The van der Waals surface area contributed by atoms with Crippen molar-refractivity contribution < 1.29 is 59.6 Å². The van der Waals surface area contributed by atoms with Gasteiger partial charge in [0.15, 0.2) is 0 Å². The molecular weight excluding hydrogens is 1220 g/mol. The number of urea groups is 2. The molecule has 4 aromatic carbocycles.